The van der Waals surface area contributed by atoms with Crippen molar-refractivity contribution in [3.05, 3.63) is 32.6 Å². The van der Waals surface area contributed by atoms with Crippen LogP contribution in [-0.4, -0.2) is 9.55 Å². The summed E-state index contributed by atoms with van der Waals surface area (Å²) < 4.78 is 1.08. The van der Waals surface area contributed by atoms with Crippen LogP contribution in [0, 0.1) is 5.92 Å². The van der Waals surface area contributed by atoms with Gasteiger partial charge in [0.15, 0.2) is 0 Å². The van der Waals surface area contributed by atoms with Gasteiger partial charge in [-0.1, -0.05) is 0 Å². The molecule has 1 aromatic rings. The second kappa shape index (κ2) is 2.87. The molecule has 4 heteroatoms. The molecule has 70 valence electrons. The van der Waals surface area contributed by atoms with Gasteiger partial charge >= 0.3 is 5.69 Å². The average Bonchev–Trinajstić information content (AvgIpc) is 2.84. The van der Waals surface area contributed by atoms with Crippen molar-refractivity contribution >= 4 is 0 Å². The first-order valence-electron chi connectivity index (χ1n) is 4.46. The maximum absolute atomic E-state index is 11.2. The molecule has 0 saturated heterocycles. The van der Waals surface area contributed by atoms with E-state index in [4.69, 9.17) is 0 Å². The molecular weight excluding hydrogens is 168 g/mol. The second-order valence-corrected chi connectivity index (χ2v) is 3.64. The Morgan fingerprint density at radius 3 is 2.77 bits per heavy atom. The van der Waals surface area contributed by atoms with E-state index in [9.17, 15) is 9.59 Å². The zero-order chi connectivity index (χ0) is 9.42. The number of nitrogens with one attached hydrogen (secondary N) is 1. The predicted molar refractivity (Wildman–Crippen MR) is 48.7 cm³/mol. The summed E-state index contributed by atoms with van der Waals surface area (Å²) in [6, 6.07) is 1.51. The van der Waals surface area contributed by atoms with E-state index < -0.39 is 0 Å². The number of H-pyrrole nitrogens is 1. The van der Waals surface area contributed by atoms with Gasteiger partial charge in [0.25, 0.3) is 5.56 Å². The highest BCUT2D eigenvalue weighted by Crippen LogP contribution is 2.31. The van der Waals surface area contributed by atoms with Gasteiger partial charge in [-0.2, -0.15) is 0 Å². The summed E-state index contributed by atoms with van der Waals surface area (Å²) in [6.07, 6.45) is 3.28. The first kappa shape index (κ1) is 8.29. The van der Waals surface area contributed by atoms with Gasteiger partial charge in [0.1, 0.15) is 0 Å². The van der Waals surface area contributed by atoms with Crippen molar-refractivity contribution in [2.45, 2.75) is 19.3 Å². The van der Waals surface area contributed by atoms with Crippen molar-refractivity contribution in [1.82, 2.24) is 9.55 Å². The SMILES string of the molecule is Cn1c(=O)cc(CC2CC2)[nH]c1=O. The number of rotatable bonds is 2. The van der Waals surface area contributed by atoms with Crippen LogP contribution in [0.2, 0.25) is 0 Å². The van der Waals surface area contributed by atoms with Gasteiger partial charge in [-0.25, -0.2) is 4.79 Å². The largest absolute Gasteiger partial charge is 0.328 e. The molecule has 0 radical (unpaired) electrons. The van der Waals surface area contributed by atoms with Crippen LogP contribution in [0.4, 0.5) is 0 Å². The van der Waals surface area contributed by atoms with Crippen molar-refractivity contribution in [2.24, 2.45) is 13.0 Å². The summed E-state index contributed by atoms with van der Waals surface area (Å²) >= 11 is 0. The van der Waals surface area contributed by atoms with Crippen LogP contribution in [0.3, 0.4) is 0 Å². The van der Waals surface area contributed by atoms with E-state index >= 15 is 0 Å². The lowest BCUT2D eigenvalue weighted by Gasteiger charge is -2.00. The zero-order valence-corrected chi connectivity index (χ0v) is 7.54. The van der Waals surface area contributed by atoms with Crippen LogP contribution in [-0.2, 0) is 13.5 Å². The summed E-state index contributed by atoms with van der Waals surface area (Å²) in [5, 5.41) is 0. The molecule has 0 amide bonds. The topological polar surface area (TPSA) is 54.9 Å². The lowest BCUT2D eigenvalue weighted by atomic mass is 10.2. The number of nitrogens with zero attached hydrogens (tertiary/aromatic N) is 1. The van der Waals surface area contributed by atoms with Crippen LogP contribution in [0.1, 0.15) is 18.5 Å². The zero-order valence-electron chi connectivity index (χ0n) is 7.54. The van der Waals surface area contributed by atoms with E-state index in [-0.39, 0.29) is 11.2 Å². The van der Waals surface area contributed by atoms with Gasteiger partial charge in [0.05, 0.1) is 0 Å². The molecule has 2 rings (SSSR count). The summed E-state index contributed by atoms with van der Waals surface area (Å²) in [7, 11) is 1.47. The average molecular weight is 180 g/mol. The van der Waals surface area contributed by atoms with Crippen molar-refractivity contribution < 1.29 is 0 Å². The minimum Gasteiger partial charge on any atom is -0.311 e. The van der Waals surface area contributed by atoms with Gasteiger partial charge in [-0.15, -0.1) is 0 Å². The smallest absolute Gasteiger partial charge is 0.311 e. The van der Waals surface area contributed by atoms with E-state index in [1.165, 1.54) is 26.0 Å². The van der Waals surface area contributed by atoms with E-state index in [0.29, 0.717) is 5.92 Å². The van der Waals surface area contributed by atoms with Gasteiger partial charge in [-0.05, 0) is 25.2 Å². The van der Waals surface area contributed by atoms with Gasteiger partial charge < -0.3 is 4.98 Å². The highest BCUT2D eigenvalue weighted by atomic mass is 16.2. The molecule has 1 aliphatic carbocycles. The maximum atomic E-state index is 11.2. The fraction of sp³-hybridized carbons (Fsp3) is 0.556. The number of hydrogen-bond donors (Lipinski definition) is 1. The summed E-state index contributed by atoms with van der Waals surface area (Å²) in [5.74, 6) is 0.683. The Morgan fingerprint density at radius 1 is 1.54 bits per heavy atom. The molecular formula is C9H12N2O2. The molecule has 13 heavy (non-hydrogen) atoms. The molecule has 1 aliphatic rings. The fourth-order valence-corrected chi connectivity index (χ4v) is 1.35. The Morgan fingerprint density at radius 2 is 2.23 bits per heavy atom. The Bertz CT molecular complexity index is 395. The third-order valence-corrected chi connectivity index (χ3v) is 2.41. The molecule has 0 atom stereocenters. The molecule has 1 aromatic heterocycles. The van der Waals surface area contributed by atoms with Crippen LogP contribution < -0.4 is 11.2 Å². The highest BCUT2D eigenvalue weighted by molar-refractivity contribution is 5.02. The molecule has 4 nitrogen and oxygen atoms in total. The minimum atomic E-state index is -0.317. The number of aromatic nitrogens is 2. The van der Waals surface area contributed by atoms with Gasteiger partial charge in [0, 0.05) is 18.8 Å². The molecule has 0 aromatic carbocycles. The van der Waals surface area contributed by atoms with Crippen LogP contribution in [0.5, 0.6) is 0 Å². The summed E-state index contributed by atoms with van der Waals surface area (Å²) in [6.45, 7) is 0. The second-order valence-electron chi connectivity index (χ2n) is 3.64. The van der Waals surface area contributed by atoms with E-state index in [0.717, 1.165) is 16.7 Å². The van der Waals surface area contributed by atoms with Crippen molar-refractivity contribution in [1.29, 1.82) is 0 Å². The third-order valence-electron chi connectivity index (χ3n) is 2.41. The van der Waals surface area contributed by atoms with Crippen molar-refractivity contribution in [2.75, 3.05) is 0 Å². The third kappa shape index (κ3) is 1.71. The van der Waals surface area contributed by atoms with Crippen LogP contribution >= 0.6 is 0 Å². The van der Waals surface area contributed by atoms with E-state index in [1.54, 1.807) is 0 Å². The lowest BCUT2D eigenvalue weighted by Crippen LogP contribution is -2.33. The monoisotopic (exact) mass is 180 g/mol. The molecule has 1 N–H and O–H groups in total. The van der Waals surface area contributed by atoms with E-state index in [2.05, 4.69) is 4.98 Å². The Kier molecular flexibility index (Phi) is 1.83. The minimum absolute atomic E-state index is 0.223. The number of hydrogen-bond acceptors (Lipinski definition) is 2. The quantitative estimate of drug-likeness (QED) is 0.698. The first-order valence-corrected chi connectivity index (χ1v) is 4.46. The van der Waals surface area contributed by atoms with Crippen molar-refractivity contribution in [3.8, 4) is 0 Å². The standard InChI is InChI=1S/C9H12N2O2/c1-11-8(12)5-7(10-9(11)13)4-6-2-3-6/h5-6H,2-4H2,1H3,(H,10,13). The Labute approximate surface area is 75.2 Å². The molecule has 0 spiro atoms. The van der Waals surface area contributed by atoms with Crippen LogP contribution in [0.25, 0.3) is 0 Å². The molecule has 0 aliphatic heterocycles. The lowest BCUT2D eigenvalue weighted by molar-refractivity contribution is 0.724. The van der Waals surface area contributed by atoms with Gasteiger partial charge in [0.2, 0.25) is 0 Å². The summed E-state index contributed by atoms with van der Waals surface area (Å²) in [5.41, 5.74) is 0.234. The number of aromatic amines is 1. The molecule has 1 heterocycles. The maximum Gasteiger partial charge on any atom is 0.328 e. The molecule has 1 fully saturated rings. The fourth-order valence-electron chi connectivity index (χ4n) is 1.35. The van der Waals surface area contributed by atoms with Gasteiger partial charge in [-0.3, -0.25) is 9.36 Å². The van der Waals surface area contributed by atoms with E-state index in [1.807, 2.05) is 0 Å². The molecule has 0 unspecified atom stereocenters. The van der Waals surface area contributed by atoms with Crippen molar-refractivity contribution in [3.63, 3.8) is 0 Å². The molecule has 1 saturated carbocycles. The van der Waals surface area contributed by atoms with Crippen LogP contribution in [0.15, 0.2) is 15.7 Å². The Hall–Kier alpha value is -1.32. The normalized spacial score (nSPS) is 16.1. The summed E-state index contributed by atoms with van der Waals surface area (Å²) in [4.78, 5) is 25.1. The Balaban J connectivity index is 2.37. The first-order chi connectivity index (χ1) is 6.16. The molecule has 0 bridgehead atoms. The highest BCUT2D eigenvalue weighted by Gasteiger charge is 2.22. The predicted octanol–water partition coefficient (Wildman–Crippen LogP) is 0.0261.